The largest absolute Gasteiger partial charge is 0.322 e. The zero-order valence-corrected chi connectivity index (χ0v) is 22.4. The van der Waals surface area contributed by atoms with Gasteiger partial charge in [0.25, 0.3) is 5.56 Å². The fraction of sp³-hybridized carbons (Fsp3) is 0.448. The molecule has 7 nitrogen and oxygen atoms in total. The number of aromatic nitrogens is 5. The van der Waals surface area contributed by atoms with Gasteiger partial charge in [0, 0.05) is 24.2 Å². The van der Waals surface area contributed by atoms with E-state index in [1.165, 1.54) is 16.7 Å². The average Bonchev–Trinajstić information content (AvgIpc) is 3.34. The Morgan fingerprint density at radius 3 is 2.56 bits per heavy atom. The molecule has 0 bridgehead atoms. The van der Waals surface area contributed by atoms with Crippen LogP contribution >= 0.6 is 0 Å². The van der Waals surface area contributed by atoms with E-state index in [9.17, 15) is 4.79 Å². The molecule has 0 fully saturated rings. The van der Waals surface area contributed by atoms with Gasteiger partial charge in [-0.15, -0.1) is 5.10 Å². The van der Waals surface area contributed by atoms with Crippen LogP contribution in [0.1, 0.15) is 74.7 Å². The highest BCUT2D eigenvalue weighted by Crippen LogP contribution is 2.29. The highest BCUT2D eigenvalue weighted by atomic mass is 16.1. The lowest BCUT2D eigenvalue weighted by atomic mass is 10.0. The van der Waals surface area contributed by atoms with E-state index in [2.05, 4.69) is 97.3 Å². The first-order valence-corrected chi connectivity index (χ1v) is 12.9. The number of H-pyrrole nitrogens is 1. The van der Waals surface area contributed by atoms with Gasteiger partial charge in [0.2, 0.25) is 0 Å². The van der Waals surface area contributed by atoms with Gasteiger partial charge in [0.1, 0.15) is 0 Å². The van der Waals surface area contributed by atoms with Crippen molar-refractivity contribution in [3.05, 3.63) is 87.0 Å². The van der Waals surface area contributed by atoms with Crippen molar-refractivity contribution in [3.8, 4) is 0 Å². The van der Waals surface area contributed by atoms with Crippen LogP contribution in [0.25, 0.3) is 10.9 Å². The molecule has 0 amide bonds. The summed E-state index contributed by atoms with van der Waals surface area (Å²) >= 11 is 0. The average molecular weight is 487 g/mol. The number of hydrogen-bond donors (Lipinski definition) is 1. The maximum Gasteiger partial charge on any atom is 0.252 e. The lowest BCUT2D eigenvalue weighted by Gasteiger charge is -2.33. The molecule has 190 valence electrons. The topological polar surface area (TPSA) is 79.7 Å². The lowest BCUT2D eigenvalue weighted by molar-refractivity contribution is 0.160. The number of pyridine rings is 1. The van der Waals surface area contributed by atoms with Gasteiger partial charge in [-0.3, -0.25) is 9.69 Å². The van der Waals surface area contributed by atoms with Crippen molar-refractivity contribution in [2.75, 3.05) is 6.54 Å². The molecule has 2 aromatic carbocycles. The quantitative estimate of drug-likeness (QED) is 0.321. The van der Waals surface area contributed by atoms with Crippen LogP contribution in [-0.4, -0.2) is 36.6 Å². The number of rotatable bonds is 10. The molecule has 0 aliphatic carbocycles. The zero-order valence-electron chi connectivity index (χ0n) is 22.4. The molecule has 0 radical (unpaired) electrons. The van der Waals surface area contributed by atoms with Crippen LogP contribution in [0.3, 0.4) is 0 Å². The van der Waals surface area contributed by atoms with Crippen LogP contribution in [0.2, 0.25) is 0 Å². The summed E-state index contributed by atoms with van der Waals surface area (Å²) < 4.78 is 1.97. The summed E-state index contributed by atoms with van der Waals surface area (Å²) in [5.74, 6) is 0.849. The van der Waals surface area contributed by atoms with Crippen molar-refractivity contribution in [2.45, 2.75) is 78.9 Å². The zero-order chi connectivity index (χ0) is 25.9. The van der Waals surface area contributed by atoms with E-state index in [4.69, 9.17) is 0 Å². The molecule has 0 unspecified atom stereocenters. The Labute approximate surface area is 213 Å². The van der Waals surface area contributed by atoms with Gasteiger partial charge >= 0.3 is 0 Å². The van der Waals surface area contributed by atoms with Crippen LogP contribution in [0.15, 0.2) is 53.3 Å². The van der Waals surface area contributed by atoms with Crippen molar-refractivity contribution in [1.82, 2.24) is 30.1 Å². The summed E-state index contributed by atoms with van der Waals surface area (Å²) in [6.07, 6.45) is 2.62. The van der Waals surface area contributed by atoms with Gasteiger partial charge in [-0.1, -0.05) is 55.3 Å². The number of nitrogens with one attached hydrogen (secondary N) is 1. The molecule has 7 heteroatoms. The summed E-state index contributed by atoms with van der Waals surface area (Å²) in [7, 11) is 0. The summed E-state index contributed by atoms with van der Waals surface area (Å²) in [6.45, 7) is 14.1. The predicted octanol–water partition coefficient (Wildman–Crippen LogP) is 5.47. The molecule has 2 heterocycles. The summed E-state index contributed by atoms with van der Waals surface area (Å²) in [4.78, 5) is 18.6. The normalized spacial score (nSPS) is 13.0. The Morgan fingerprint density at radius 1 is 1.06 bits per heavy atom. The van der Waals surface area contributed by atoms with Crippen LogP contribution in [-0.2, 0) is 18.5 Å². The Morgan fingerprint density at radius 2 is 1.83 bits per heavy atom. The minimum absolute atomic E-state index is 0.0248. The molecule has 4 aromatic rings. The smallest absolute Gasteiger partial charge is 0.252 e. The van der Waals surface area contributed by atoms with E-state index >= 15 is 0 Å². The fourth-order valence-electron chi connectivity index (χ4n) is 4.78. The van der Waals surface area contributed by atoms with E-state index in [0.717, 1.165) is 48.1 Å². The molecule has 4 rings (SSSR count). The number of benzene rings is 2. The van der Waals surface area contributed by atoms with E-state index in [0.29, 0.717) is 6.54 Å². The summed E-state index contributed by atoms with van der Waals surface area (Å²) in [6, 6.07) is 16.7. The first-order chi connectivity index (χ1) is 17.2. The third-order valence-corrected chi connectivity index (χ3v) is 7.28. The molecular weight excluding hydrogens is 448 g/mol. The minimum Gasteiger partial charge on any atom is -0.322 e. The number of hydrogen-bond acceptors (Lipinski definition) is 5. The monoisotopic (exact) mass is 486 g/mol. The highest BCUT2D eigenvalue weighted by molar-refractivity contribution is 5.79. The predicted molar refractivity (Wildman–Crippen MR) is 145 cm³/mol. The molecule has 1 atom stereocenters. The van der Waals surface area contributed by atoms with E-state index < -0.39 is 0 Å². The number of aromatic amines is 1. The molecule has 0 spiro atoms. The van der Waals surface area contributed by atoms with Crippen LogP contribution in [0, 0.1) is 13.8 Å². The summed E-state index contributed by atoms with van der Waals surface area (Å²) in [5.41, 5.74) is 5.07. The molecular formula is C29H38N6O. The van der Waals surface area contributed by atoms with E-state index in [1.54, 1.807) is 0 Å². The van der Waals surface area contributed by atoms with E-state index in [-0.39, 0.29) is 17.1 Å². The van der Waals surface area contributed by atoms with Gasteiger partial charge < -0.3 is 4.98 Å². The lowest BCUT2D eigenvalue weighted by Crippen LogP contribution is -2.37. The maximum atomic E-state index is 13.1. The second-order valence-corrected chi connectivity index (χ2v) is 10.5. The summed E-state index contributed by atoms with van der Waals surface area (Å²) in [5, 5.41) is 14.0. The Kier molecular flexibility index (Phi) is 7.69. The van der Waals surface area contributed by atoms with Gasteiger partial charge in [0.15, 0.2) is 5.82 Å². The SMILES string of the molecule is CC[C@@H](c1nnnn1C(C)(C)CC)N(CCc1cccc(C)c1)Cc1cc2cc(C)ccc2[nH]c1=O. The van der Waals surface area contributed by atoms with Crippen LogP contribution in [0.5, 0.6) is 0 Å². The van der Waals surface area contributed by atoms with Crippen molar-refractivity contribution in [3.63, 3.8) is 0 Å². The number of tetrazole rings is 1. The first kappa shape index (κ1) is 25.8. The second kappa shape index (κ2) is 10.7. The fourth-order valence-corrected chi connectivity index (χ4v) is 4.78. The standard InChI is InChI=1S/C29H38N6O/c1-7-26(27-31-32-33-35(27)29(5,6)8-2)34(15-14-22-11-9-10-20(3)16-22)19-24-18-23-17-21(4)12-13-25(23)30-28(24)36/h9-13,16-18,26H,7-8,14-15,19H2,1-6H3,(H,30,36)/t26-/m0/s1. The molecule has 0 aliphatic heterocycles. The van der Waals surface area contributed by atoms with Gasteiger partial charge in [-0.05, 0) is 86.5 Å². The number of fused-ring (bicyclic) bond motifs is 1. The number of aryl methyl sites for hydroxylation is 2. The number of nitrogens with zero attached hydrogens (tertiary/aromatic N) is 5. The van der Waals surface area contributed by atoms with Crippen molar-refractivity contribution < 1.29 is 0 Å². The van der Waals surface area contributed by atoms with Crippen molar-refractivity contribution in [1.29, 1.82) is 0 Å². The molecule has 2 aromatic heterocycles. The van der Waals surface area contributed by atoms with Crippen LogP contribution in [0.4, 0.5) is 0 Å². The first-order valence-electron chi connectivity index (χ1n) is 12.9. The molecule has 0 aliphatic rings. The van der Waals surface area contributed by atoms with Crippen molar-refractivity contribution >= 4 is 10.9 Å². The Hall–Kier alpha value is -3.32. The van der Waals surface area contributed by atoms with Crippen LogP contribution < -0.4 is 5.56 Å². The Balaban J connectivity index is 1.73. The molecule has 1 N–H and O–H groups in total. The minimum atomic E-state index is -0.202. The third-order valence-electron chi connectivity index (χ3n) is 7.28. The van der Waals surface area contributed by atoms with Crippen molar-refractivity contribution in [2.24, 2.45) is 0 Å². The van der Waals surface area contributed by atoms with Gasteiger partial charge in [-0.2, -0.15) is 0 Å². The van der Waals surface area contributed by atoms with Gasteiger partial charge in [-0.25, -0.2) is 4.68 Å². The molecule has 0 saturated carbocycles. The molecule has 36 heavy (non-hydrogen) atoms. The Bertz CT molecular complexity index is 1390. The second-order valence-electron chi connectivity index (χ2n) is 10.5. The maximum absolute atomic E-state index is 13.1. The van der Waals surface area contributed by atoms with Gasteiger partial charge in [0.05, 0.1) is 11.6 Å². The van der Waals surface area contributed by atoms with E-state index in [1.807, 2.05) is 22.9 Å². The molecule has 0 saturated heterocycles. The third kappa shape index (κ3) is 5.57. The highest BCUT2D eigenvalue weighted by Gasteiger charge is 2.31.